The van der Waals surface area contributed by atoms with Gasteiger partial charge >= 0.3 is 5.97 Å². The third-order valence-corrected chi connectivity index (χ3v) is 3.46. The first-order valence-corrected chi connectivity index (χ1v) is 7.33. The molecule has 116 valence electrons. The lowest BCUT2D eigenvalue weighted by atomic mass is 10.2. The van der Waals surface area contributed by atoms with Gasteiger partial charge in [-0.1, -0.05) is 12.1 Å². The Morgan fingerprint density at radius 3 is 2.57 bits per heavy atom. The van der Waals surface area contributed by atoms with Gasteiger partial charge in [0.05, 0.1) is 16.9 Å². The molecular weight excluding hydrogens is 290 g/mol. The van der Waals surface area contributed by atoms with E-state index >= 15 is 0 Å². The summed E-state index contributed by atoms with van der Waals surface area (Å²) in [6.07, 6.45) is 3.11. The van der Waals surface area contributed by atoms with Gasteiger partial charge in [0.25, 0.3) is 0 Å². The monoisotopic (exact) mass is 307 g/mol. The number of hydrogen-bond acceptors (Lipinski definition) is 4. The molecule has 0 aliphatic carbocycles. The summed E-state index contributed by atoms with van der Waals surface area (Å²) in [5.41, 5.74) is 4.42. The highest BCUT2D eigenvalue weighted by molar-refractivity contribution is 5.88. The summed E-state index contributed by atoms with van der Waals surface area (Å²) in [7, 11) is 0. The topological polar surface area (TPSA) is 57.0 Å². The van der Waals surface area contributed by atoms with Gasteiger partial charge in [0.15, 0.2) is 0 Å². The number of rotatable bonds is 4. The van der Waals surface area contributed by atoms with Crippen LogP contribution in [0.15, 0.2) is 54.9 Å². The second-order valence-electron chi connectivity index (χ2n) is 5.32. The van der Waals surface area contributed by atoms with Crippen molar-refractivity contribution < 1.29 is 9.53 Å². The van der Waals surface area contributed by atoms with E-state index < -0.39 is 0 Å². The Balaban J connectivity index is 1.66. The summed E-state index contributed by atoms with van der Waals surface area (Å²) < 4.78 is 7.18. The average Bonchev–Trinajstić information content (AvgIpc) is 2.92. The highest BCUT2D eigenvalue weighted by Gasteiger charge is 2.08. The van der Waals surface area contributed by atoms with Crippen LogP contribution < -0.4 is 0 Å². The van der Waals surface area contributed by atoms with Crippen LogP contribution in [-0.4, -0.2) is 20.7 Å². The van der Waals surface area contributed by atoms with Gasteiger partial charge in [0.2, 0.25) is 0 Å². The molecule has 2 heterocycles. The quantitative estimate of drug-likeness (QED) is 0.694. The normalized spacial score (nSPS) is 10.5. The van der Waals surface area contributed by atoms with Crippen molar-refractivity contribution in [2.24, 2.45) is 0 Å². The van der Waals surface area contributed by atoms with Gasteiger partial charge in [-0.05, 0) is 49.7 Å². The smallest absolute Gasteiger partial charge is 0.340 e. The zero-order valence-corrected chi connectivity index (χ0v) is 13.1. The number of carbonyl (C=O) groups excluding carboxylic acids is 1. The summed E-state index contributed by atoms with van der Waals surface area (Å²) in [5.74, 6) is -0.374. The number of aryl methyl sites for hydroxylation is 2. The largest absolute Gasteiger partial charge is 0.457 e. The van der Waals surface area contributed by atoms with Gasteiger partial charge in [-0.2, -0.15) is 5.10 Å². The molecule has 1 aromatic carbocycles. The Hall–Kier alpha value is -2.95. The zero-order chi connectivity index (χ0) is 16.2. The number of ether oxygens (including phenoxy) is 1. The predicted molar refractivity (Wildman–Crippen MR) is 86.4 cm³/mol. The van der Waals surface area contributed by atoms with Crippen LogP contribution in [0, 0.1) is 13.8 Å². The molecule has 0 unspecified atom stereocenters. The number of carbonyl (C=O) groups is 1. The first kappa shape index (κ1) is 15.0. The molecule has 0 fully saturated rings. The molecule has 0 N–H and O–H groups in total. The van der Waals surface area contributed by atoms with E-state index in [0.29, 0.717) is 5.56 Å². The highest BCUT2D eigenvalue weighted by Crippen LogP contribution is 2.14. The Morgan fingerprint density at radius 1 is 1.17 bits per heavy atom. The van der Waals surface area contributed by atoms with Crippen LogP contribution in [0.3, 0.4) is 0 Å². The molecule has 5 heteroatoms. The molecule has 0 aliphatic heterocycles. The molecule has 3 aromatic rings. The third-order valence-electron chi connectivity index (χ3n) is 3.46. The summed E-state index contributed by atoms with van der Waals surface area (Å²) in [5, 5.41) is 4.45. The second kappa shape index (κ2) is 6.44. The van der Waals surface area contributed by atoms with E-state index in [4.69, 9.17) is 4.74 Å². The summed E-state index contributed by atoms with van der Waals surface area (Å²) in [4.78, 5) is 15.8. The lowest BCUT2D eigenvalue weighted by Crippen LogP contribution is -2.05. The maximum absolute atomic E-state index is 11.9. The van der Waals surface area contributed by atoms with Crippen molar-refractivity contribution in [1.29, 1.82) is 0 Å². The van der Waals surface area contributed by atoms with Crippen LogP contribution in [0.5, 0.6) is 0 Å². The number of benzene rings is 1. The van der Waals surface area contributed by atoms with Crippen LogP contribution in [0.4, 0.5) is 0 Å². The summed E-state index contributed by atoms with van der Waals surface area (Å²) in [6, 6.07) is 13.2. The Labute approximate surface area is 134 Å². The minimum Gasteiger partial charge on any atom is -0.457 e. The van der Waals surface area contributed by atoms with Crippen molar-refractivity contribution >= 4 is 5.97 Å². The fourth-order valence-corrected chi connectivity index (χ4v) is 2.34. The fraction of sp³-hybridized carbons (Fsp3) is 0.167. The van der Waals surface area contributed by atoms with Crippen LogP contribution in [0.1, 0.15) is 27.3 Å². The SMILES string of the molecule is Cc1cc(C)n(-c2ccc(COC(=O)c3cccnc3)cc2)n1. The van der Waals surface area contributed by atoms with Crippen LogP contribution in [0.25, 0.3) is 5.69 Å². The molecular formula is C18H17N3O2. The number of pyridine rings is 1. The summed E-state index contributed by atoms with van der Waals surface area (Å²) >= 11 is 0. The summed E-state index contributed by atoms with van der Waals surface area (Å²) in [6.45, 7) is 4.21. The van der Waals surface area contributed by atoms with Crippen molar-refractivity contribution in [3.05, 3.63) is 77.4 Å². The number of esters is 1. The van der Waals surface area contributed by atoms with Crippen LogP contribution >= 0.6 is 0 Å². The Bertz CT molecular complexity index is 808. The number of aromatic nitrogens is 3. The van der Waals surface area contributed by atoms with Gasteiger partial charge in [-0.25, -0.2) is 9.48 Å². The molecule has 3 rings (SSSR count). The second-order valence-corrected chi connectivity index (χ2v) is 5.32. The minimum absolute atomic E-state index is 0.227. The van der Waals surface area contributed by atoms with E-state index in [0.717, 1.165) is 22.6 Å². The molecule has 0 spiro atoms. The molecule has 0 amide bonds. The number of nitrogens with zero attached hydrogens (tertiary/aromatic N) is 3. The minimum atomic E-state index is -0.374. The molecule has 0 bridgehead atoms. The van der Waals surface area contributed by atoms with E-state index in [2.05, 4.69) is 10.1 Å². The molecule has 0 saturated carbocycles. The van der Waals surface area contributed by atoms with Crippen molar-refractivity contribution in [3.8, 4) is 5.69 Å². The van der Waals surface area contributed by atoms with Gasteiger partial charge in [-0.15, -0.1) is 0 Å². The van der Waals surface area contributed by atoms with Crippen molar-refractivity contribution in [2.45, 2.75) is 20.5 Å². The molecule has 0 radical (unpaired) electrons. The lowest BCUT2D eigenvalue weighted by Gasteiger charge is -2.07. The first-order valence-electron chi connectivity index (χ1n) is 7.33. The van der Waals surface area contributed by atoms with Crippen molar-refractivity contribution in [3.63, 3.8) is 0 Å². The van der Waals surface area contributed by atoms with Crippen molar-refractivity contribution in [1.82, 2.24) is 14.8 Å². The van der Waals surface area contributed by atoms with E-state index in [-0.39, 0.29) is 12.6 Å². The molecule has 5 nitrogen and oxygen atoms in total. The first-order chi connectivity index (χ1) is 11.1. The maximum atomic E-state index is 11.9. The maximum Gasteiger partial charge on any atom is 0.340 e. The Morgan fingerprint density at radius 2 is 1.96 bits per heavy atom. The predicted octanol–water partition coefficient (Wildman–Crippen LogP) is 3.24. The van der Waals surface area contributed by atoms with E-state index in [9.17, 15) is 4.79 Å². The van der Waals surface area contributed by atoms with Gasteiger partial charge in [0.1, 0.15) is 6.61 Å². The molecule has 23 heavy (non-hydrogen) atoms. The number of hydrogen-bond donors (Lipinski definition) is 0. The van der Waals surface area contributed by atoms with Gasteiger partial charge < -0.3 is 4.74 Å². The van der Waals surface area contributed by atoms with Gasteiger partial charge in [0, 0.05) is 18.1 Å². The molecule has 2 aromatic heterocycles. The third kappa shape index (κ3) is 3.45. The zero-order valence-electron chi connectivity index (χ0n) is 13.1. The molecule has 0 atom stereocenters. The van der Waals surface area contributed by atoms with Crippen LogP contribution in [-0.2, 0) is 11.3 Å². The van der Waals surface area contributed by atoms with E-state index in [1.54, 1.807) is 18.3 Å². The standard InChI is InChI=1S/C18H17N3O2/c1-13-10-14(2)21(20-13)17-7-5-15(6-8-17)12-23-18(22)16-4-3-9-19-11-16/h3-11H,12H2,1-2H3. The average molecular weight is 307 g/mol. The highest BCUT2D eigenvalue weighted by atomic mass is 16.5. The van der Waals surface area contributed by atoms with E-state index in [1.165, 1.54) is 6.20 Å². The van der Waals surface area contributed by atoms with Gasteiger partial charge in [-0.3, -0.25) is 4.98 Å². The lowest BCUT2D eigenvalue weighted by molar-refractivity contribution is 0.0472. The Kier molecular flexibility index (Phi) is 4.19. The molecule has 0 saturated heterocycles. The molecule has 0 aliphatic rings. The van der Waals surface area contributed by atoms with Crippen molar-refractivity contribution in [2.75, 3.05) is 0 Å². The van der Waals surface area contributed by atoms with Crippen LogP contribution in [0.2, 0.25) is 0 Å². The fourth-order valence-electron chi connectivity index (χ4n) is 2.34. The van der Waals surface area contributed by atoms with E-state index in [1.807, 2.05) is 48.9 Å².